The Labute approximate surface area is 139 Å². The van der Waals surface area contributed by atoms with E-state index < -0.39 is 0 Å². The van der Waals surface area contributed by atoms with Gasteiger partial charge >= 0.3 is 0 Å². The fourth-order valence-corrected chi connectivity index (χ4v) is 4.80. The highest BCUT2D eigenvalue weighted by Gasteiger charge is 2.51. The van der Waals surface area contributed by atoms with Crippen LogP contribution in [-0.2, 0) is 0 Å². The van der Waals surface area contributed by atoms with Crippen LogP contribution in [-0.4, -0.2) is 34.4 Å². The predicted octanol–water partition coefficient (Wildman–Crippen LogP) is 3.94. The van der Waals surface area contributed by atoms with E-state index in [9.17, 15) is 4.79 Å². The molecule has 2 atom stereocenters. The zero-order valence-corrected chi connectivity index (χ0v) is 15.0. The van der Waals surface area contributed by atoms with E-state index in [0.29, 0.717) is 17.5 Å². The van der Waals surface area contributed by atoms with Crippen molar-refractivity contribution in [2.24, 2.45) is 10.8 Å². The molecule has 1 aromatic heterocycles. The average Bonchev–Trinajstić information content (AvgIpc) is 2.66. The van der Waals surface area contributed by atoms with Crippen molar-refractivity contribution in [3.8, 4) is 0 Å². The molecule has 1 aromatic rings. The number of carbonyl (C=O) groups is 1. The summed E-state index contributed by atoms with van der Waals surface area (Å²) in [6.45, 7) is 12.0. The predicted molar refractivity (Wildman–Crippen MR) is 93.6 cm³/mol. The van der Waals surface area contributed by atoms with Crippen LogP contribution in [0.1, 0.15) is 64.2 Å². The van der Waals surface area contributed by atoms with Gasteiger partial charge in [0, 0.05) is 30.4 Å². The first-order valence-electron chi connectivity index (χ1n) is 8.71. The van der Waals surface area contributed by atoms with Crippen LogP contribution in [0.2, 0.25) is 0 Å². The van der Waals surface area contributed by atoms with Crippen molar-refractivity contribution >= 4 is 11.7 Å². The lowest BCUT2D eigenvalue weighted by molar-refractivity contribution is 0.0708. The van der Waals surface area contributed by atoms with Crippen molar-refractivity contribution in [1.82, 2.24) is 9.88 Å². The van der Waals surface area contributed by atoms with Gasteiger partial charge in [-0.3, -0.25) is 4.79 Å². The van der Waals surface area contributed by atoms with E-state index in [4.69, 9.17) is 0 Å². The van der Waals surface area contributed by atoms with E-state index in [2.05, 4.69) is 49.8 Å². The van der Waals surface area contributed by atoms with Crippen LogP contribution >= 0.6 is 0 Å². The van der Waals surface area contributed by atoms with Gasteiger partial charge in [-0.05, 0) is 56.1 Å². The second kappa shape index (κ2) is 5.50. The van der Waals surface area contributed by atoms with E-state index in [1.54, 1.807) is 6.20 Å². The minimum atomic E-state index is 0.158. The summed E-state index contributed by atoms with van der Waals surface area (Å²) in [5.41, 5.74) is 1.35. The number of carbonyl (C=O) groups excluding carboxylic acids is 1. The van der Waals surface area contributed by atoms with Crippen LogP contribution in [0.4, 0.5) is 5.82 Å². The minimum Gasteiger partial charge on any atom is -0.368 e. The van der Waals surface area contributed by atoms with Crippen molar-refractivity contribution in [2.45, 2.75) is 66.0 Å². The van der Waals surface area contributed by atoms with Crippen molar-refractivity contribution < 1.29 is 4.79 Å². The Kier molecular flexibility index (Phi) is 3.89. The Morgan fingerprint density at radius 3 is 2.78 bits per heavy atom. The molecule has 3 rings (SSSR count). The fourth-order valence-electron chi connectivity index (χ4n) is 4.80. The summed E-state index contributed by atoms with van der Waals surface area (Å²) in [5.74, 6) is 0.935. The number of anilines is 1. The highest BCUT2D eigenvalue weighted by atomic mass is 16.2. The quantitative estimate of drug-likeness (QED) is 0.919. The lowest BCUT2D eigenvalue weighted by Gasteiger charge is -2.39. The summed E-state index contributed by atoms with van der Waals surface area (Å²) in [5, 5.41) is 3.28. The number of nitrogens with one attached hydrogen (secondary N) is 1. The van der Waals surface area contributed by atoms with E-state index in [1.807, 2.05) is 12.1 Å². The van der Waals surface area contributed by atoms with Gasteiger partial charge in [-0.2, -0.15) is 0 Å². The first-order valence-corrected chi connectivity index (χ1v) is 8.71. The van der Waals surface area contributed by atoms with E-state index in [1.165, 1.54) is 6.42 Å². The number of hydrogen-bond acceptors (Lipinski definition) is 3. The van der Waals surface area contributed by atoms with Gasteiger partial charge in [-0.25, -0.2) is 4.98 Å². The smallest absolute Gasteiger partial charge is 0.254 e. The highest BCUT2D eigenvalue weighted by Crippen LogP contribution is 2.52. The molecular formula is C19H29N3O. The van der Waals surface area contributed by atoms with Crippen molar-refractivity contribution in [3.63, 3.8) is 0 Å². The van der Waals surface area contributed by atoms with Crippen molar-refractivity contribution in [1.29, 1.82) is 0 Å². The molecule has 1 amide bonds. The minimum absolute atomic E-state index is 0.158. The number of rotatable bonds is 3. The topological polar surface area (TPSA) is 45.2 Å². The molecule has 1 saturated heterocycles. The average molecular weight is 315 g/mol. The van der Waals surface area contributed by atoms with Gasteiger partial charge in [-0.15, -0.1) is 0 Å². The van der Waals surface area contributed by atoms with Gasteiger partial charge in [0.25, 0.3) is 5.91 Å². The molecule has 23 heavy (non-hydrogen) atoms. The Hall–Kier alpha value is -1.58. The first kappa shape index (κ1) is 16.3. The zero-order chi connectivity index (χ0) is 16.8. The molecular weight excluding hydrogens is 286 g/mol. The molecule has 2 aliphatic rings. The molecule has 4 nitrogen and oxygen atoms in total. The highest BCUT2D eigenvalue weighted by molar-refractivity contribution is 5.95. The van der Waals surface area contributed by atoms with Crippen molar-refractivity contribution in [3.05, 3.63) is 23.9 Å². The molecule has 4 heteroatoms. The van der Waals surface area contributed by atoms with Gasteiger partial charge in [0.1, 0.15) is 5.82 Å². The van der Waals surface area contributed by atoms with E-state index >= 15 is 0 Å². The van der Waals surface area contributed by atoms with Crippen LogP contribution in [0, 0.1) is 10.8 Å². The Bertz CT molecular complexity index is 610. The molecule has 0 spiro atoms. The SMILES string of the molecule is CC(C)Nc1cc(C(=O)N2CC3(C)CC2CC(C)(C)C3)ccn1. The fraction of sp³-hybridized carbons (Fsp3) is 0.684. The number of likely N-dealkylation sites (tertiary alicyclic amines) is 1. The van der Waals surface area contributed by atoms with Crippen molar-refractivity contribution in [2.75, 3.05) is 11.9 Å². The normalized spacial score (nSPS) is 29.0. The van der Waals surface area contributed by atoms with Gasteiger partial charge in [0.15, 0.2) is 0 Å². The van der Waals surface area contributed by atoms with Crippen LogP contribution in [0.5, 0.6) is 0 Å². The third-order valence-electron chi connectivity index (χ3n) is 5.12. The third-order valence-corrected chi connectivity index (χ3v) is 5.12. The summed E-state index contributed by atoms with van der Waals surface area (Å²) in [6.07, 6.45) is 5.18. The van der Waals surface area contributed by atoms with E-state index in [-0.39, 0.29) is 11.3 Å². The molecule has 2 heterocycles. The molecule has 1 N–H and O–H groups in total. The van der Waals surface area contributed by atoms with Crippen LogP contribution < -0.4 is 5.32 Å². The maximum Gasteiger partial charge on any atom is 0.254 e. The van der Waals surface area contributed by atoms with Gasteiger partial charge in [0.05, 0.1) is 0 Å². The summed E-state index contributed by atoms with van der Waals surface area (Å²) in [4.78, 5) is 19.5. The lowest BCUT2D eigenvalue weighted by Crippen LogP contribution is -2.37. The van der Waals surface area contributed by atoms with Crippen LogP contribution in [0.15, 0.2) is 18.3 Å². The summed E-state index contributed by atoms with van der Waals surface area (Å²) >= 11 is 0. The van der Waals surface area contributed by atoms with Crippen LogP contribution in [0.3, 0.4) is 0 Å². The number of pyridine rings is 1. The monoisotopic (exact) mass is 315 g/mol. The van der Waals surface area contributed by atoms with Gasteiger partial charge in [0.2, 0.25) is 0 Å². The number of fused-ring (bicyclic) bond motifs is 2. The number of hydrogen-bond donors (Lipinski definition) is 1. The summed E-state index contributed by atoms with van der Waals surface area (Å²) in [6, 6.07) is 4.41. The third kappa shape index (κ3) is 3.36. The molecule has 2 bridgehead atoms. The van der Waals surface area contributed by atoms with E-state index in [0.717, 1.165) is 30.8 Å². The maximum atomic E-state index is 13.1. The largest absolute Gasteiger partial charge is 0.368 e. The molecule has 1 aliphatic carbocycles. The number of aromatic nitrogens is 1. The molecule has 1 saturated carbocycles. The molecule has 126 valence electrons. The van der Waals surface area contributed by atoms with Gasteiger partial charge in [-0.1, -0.05) is 20.8 Å². The number of nitrogens with zero attached hydrogens (tertiary/aromatic N) is 2. The molecule has 2 unspecified atom stereocenters. The summed E-state index contributed by atoms with van der Waals surface area (Å²) < 4.78 is 0. The second-order valence-electron chi connectivity index (χ2n) is 8.88. The lowest BCUT2D eigenvalue weighted by atomic mass is 9.65. The summed E-state index contributed by atoms with van der Waals surface area (Å²) in [7, 11) is 0. The zero-order valence-electron chi connectivity index (χ0n) is 15.0. The molecule has 0 aromatic carbocycles. The number of amides is 1. The molecule has 2 fully saturated rings. The second-order valence-corrected chi connectivity index (χ2v) is 8.88. The Morgan fingerprint density at radius 2 is 2.09 bits per heavy atom. The van der Waals surface area contributed by atoms with Crippen LogP contribution in [0.25, 0.3) is 0 Å². The standard InChI is InChI=1S/C19H29N3O/c1-13(2)21-16-8-14(6-7-20-16)17(23)22-12-19(5)10-15(22)9-18(3,4)11-19/h6-8,13,15H,9-12H2,1-5H3,(H,20,21). The first-order chi connectivity index (χ1) is 10.7. The van der Waals surface area contributed by atoms with Gasteiger partial charge < -0.3 is 10.2 Å². The Balaban J connectivity index is 1.81. The molecule has 0 radical (unpaired) electrons. The maximum absolute atomic E-state index is 13.1. The molecule has 1 aliphatic heterocycles. The Morgan fingerprint density at radius 1 is 1.35 bits per heavy atom.